The summed E-state index contributed by atoms with van der Waals surface area (Å²) < 4.78 is 0. The van der Waals surface area contributed by atoms with Crippen molar-refractivity contribution in [1.82, 2.24) is 5.32 Å². The molecule has 0 fully saturated rings. The number of amides is 1. The Hall–Kier alpha value is -2.24. The number of nitro groups is 1. The van der Waals surface area contributed by atoms with Crippen molar-refractivity contribution in [3.63, 3.8) is 0 Å². The van der Waals surface area contributed by atoms with E-state index in [-0.39, 0.29) is 17.5 Å². The maximum Gasteiger partial charge on any atom is 0.269 e. The highest BCUT2D eigenvalue weighted by Gasteiger charge is 2.41. The minimum Gasteiger partial charge on any atom is -0.308 e. The lowest BCUT2D eigenvalue weighted by atomic mass is 9.89. The molecule has 0 aromatic heterocycles. The first-order valence-electron chi connectivity index (χ1n) is 6.00. The van der Waals surface area contributed by atoms with Gasteiger partial charge in [0.15, 0.2) is 0 Å². The van der Waals surface area contributed by atoms with Gasteiger partial charge in [0, 0.05) is 17.7 Å². The number of hydrogen-bond donors (Lipinski definition) is 1. The molecule has 2 rings (SSSR count). The van der Waals surface area contributed by atoms with Crippen LogP contribution >= 0.6 is 0 Å². The summed E-state index contributed by atoms with van der Waals surface area (Å²) >= 11 is 0. The zero-order valence-electron chi connectivity index (χ0n) is 11.0. The summed E-state index contributed by atoms with van der Waals surface area (Å²) in [6.45, 7) is 5.65. The summed E-state index contributed by atoms with van der Waals surface area (Å²) in [7, 11) is 0. The molecule has 1 aliphatic rings. The molecule has 1 heterocycles. The van der Waals surface area contributed by atoms with Gasteiger partial charge >= 0.3 is 0 Å². The Balaban J connectivity index is 2.33. The lowest BCUT2D eigenvalue weighted by Gasteiger charge is -2.21. The number of rotatable bonds is 3. The molecular formula is C13H15N3O3. The van der Waals surface area contributed by atoms with Crippen molar-refractivity contribution >= 4 is 17.4 Å². The highest BCUT2D eigenvalue weighted by atomic mass is 16.6. The number of carbonyl (C=O) groups is 1. The van der Waals surface area contributed by atoms with E-state index in [2.05, 4.69) is 10.3 Å². The largest absolute Gasteiger partial charge is 0.308 e. The first-order valence-corrected chi connectivity index (χ1v) is 6.00. The number of hydrogen-bond acceptors (Lipinski definition) is 4. The van der Waals surface area contributed by atoms with Gasteiger partial charge in [0.1, 0.15) is 11.4 Å². The van der Waals surface area contributed by atoms with E-state index in [1.165, 1.54) is 12.1 Å². The Morgan fingerprint density at radius 3 is 2.32 bits per heavy atom. The first-order chi connectivity index (χ1) is 8.84. The molecular weight excluding hydrogens is 246 g/mol. The Bertz CT molecular complexity index is 563. The van der Waals surface area contributed by atoms with Crippen molar-refractivity contribution < 1.29 is 9.72 Å². The Morgan fingerprint density at radius 1 is 1.32 bits per heavy atom. The van der Waals surface area contributed by atoms with Crippen LogP contribution in [-0.4, -0.2) is 22.2 Å². The lowest BCUT2D eigenvalue weighted by molar-refractivity contribution is -0.384. The number of nitrogens with one attached hydrogen (secondary N) is 1. The van der Waals surface area contributed by atoms with Gasteiger partial charge in [-0.2, -0.15) is 0 Å². The second-order valence-electron chi connectivity index (χ2n) is 5.02. The number of carbonyl (C=O) groups excluding carboxylic acids is 1. The Morgan fingerprint density at radius 2 is 1.89 bits per heavy atom. The van der Waals surface area contributed by atoms with E-state index >= 15 is 0 Å². The van der Waals surface area contributed by atoms with Gasteiger partial charge in [-0.25, -0.2) is 0 Å². The third-order valence-corrected chi connectivity index (χ3v) is 3.51. The molecule has 0 bridgehead atoms. The summed E-state index contributed by atoms with van der Waals surface area (Å²) in [6, 6.07) is 5.97. The number of nitro benzene ring substituents is 1. The second-order valence-corrected chi connectivity index (χ2v) is 5.02. The topological polar surface area (TPSA) is 84.6 Å². The summed E-state index contributed by atoms with van der Waals surface area (Å²) in [6.07, 6.45) is 0. The van der Waals surface area contributed by atoms with E-state index in [0.29, 0.717) is 11.4 Å². The number of aliphatic imine (C=N–C) groups is 1. The Labute approximate surface area is 110 Å². The Kier molecular flexibility index (Phi) is 3.09. The summed E-state index contributed by atoms with van der Waals surface area (Å²) in [4.78, 5) is 26.5. The average molecular weight is 261 g/mol. The molecule has 100 valence electrons. The van der Waals surface area contributed by atoms with Gasteiger partial charge in [0.05, 0.1) is 4.92 Å². The van der Waals surface area contributed by atoms with Gasteiger partial charge in [-0.1, -0.05) is 13.8 Å². The molecule has 0 saturated heterocycles. The van der Waals surface area contributed by atoms with Gasteiger partial charge in [-0.05, 0) is 25.0 Å². The third kappa shape index (κ3) is 2.21. The number of non-ortho nitro benzene ring substituents is 1. The second kappa shape index (κ2) is 4.46. The van der Waals surface area contributed by atoms with Crippen molar-refractivity contribution in [2.75, 3.05) is 0 Å². The van der Waals surface area contributed by atoms with E-state index in [0.717, 1.165) is 0 Å². The number of nitrogens with zero attached hydrogens (tertiary/aromatic N) is 2. The molecule has 19 heavy (non-hydrogen) atoms. The van der Waals surface area contributed by atoms with Crippen LogP contribution in [0.3, 0.4) is 0 Å². The van der Waals surface area contributed by atoms with Gasteiger partial charge in [-0.3, -0.25) is 19.9 Å². The predicted molar refractivity (Wildman–Crippen MR) is 71.0 cm³/mol. The van der Waals surface area contributed by atoms with Crippen LogP contribution in [0.25, 0.3) is 0 Å². The average Bonchev–Trinajstić information content (AvgIpc) is 2.67. The van der Waals surface area contributed by atoms with Crippen molar-refractivity contribution in [1.29, 1.82) is 0 Å². The van der Waals surface area contributed by atoms with Crippen molar-refractivity contribution in [3.05, 3.63) is 39.9 Å². The van der Waals surface area contributed by atoms with E-state index < -0.39 is 10.5 Å². The molecule has 1 aliphatic heterocycles. The predicted octanol–water partition coefficient (Wildman–Crippen LogP) is 1.89. The first kappa shape index (κ1) is 13.2. The molecule has 1 unspecified atom stereocenters. The van der Waals surface area contributed by atoms with Crippen LogP contribution in [0.1, 0.15) is 26.3 Å². The quantitative estimate of drug-likeness (QED) is 0.666. The zero-order valence-corrected chi connectivity index (χ0v) is 11.0. The van der Waals surface area contributed by atoms with Crippen molar-refractivity contribution in [2.24, 2.45) is 10.9 Å². The van der Waals surface area contributed by atoms with Crippen LogP contribution in [0.15, 0.2) is 29.3 Å². The molecule has 1 N–H and O–H groups in total. The maximum atomic E-state index is 12.0. The van der Waals surface area contributed by atoms with Crippen LogP contribution < -0.4 is 5.32 Å². The minimum absolute atomic E-state index is 0.0142. The SMILES string of the molecule is CC(C)C1(C)N=C(c2ccc([N+](=O)[O-])cc2)NC1=O. The highest BCUT2D eigenvalue weighted by molar-refractivity contribution is 6.15. The van der Waals surface area contributed by atoms with E-state index in [1.807, 2.05) is 13.8 Å². The number of amidine groups is 1. The molecule has 0 aliphatic carbocycles. The fraction of sp³-hybridized carbons (Fsp3) is 0.385. The molecule has 1 atom stereocenters. The molecule has 0 radical (unpaired) electrons. The van der Waals surface area contributed by atoms with E-state index in [9.17, 15) is 14.9 Å². The molecule has 0 spiro atoms. The van der Waals surface area contributed by atoms with Crippen LogP contribution in [0.5, 0.6) is 0 Å². The summed E-state index contributed by atoms with van der Waals surface area (Å²) in [5.74, 6) is 0.398. The fourth-order valence-corrected chi connectivity index (χ4v) is 1.81. The maximum absolute atomic E-state index is 12.0. The van der Waals surface area contributed by atoms with Gasteiger partial charge in [0.25, 0.3) is 11.6 Å². The smallest absolute Gasteiger partial charge is 0.269 e. The minimum atomic E-state index is -0.781. The zero-order chi connectivity index (χ0) is 14.2. The molecule has 6 nitrogen and oxygen atoms in total. The van der Waals surface area contributed by atoms with Crippen molar-refractivity contribution in [2.45, 2.75) is 26.3 Å². The molecule has 1 aromatic rings. The third-order valence-electron chi connectivity index (χ3n) is 3.51. The van der Waals surface area contributed by atoms with Crippen LogP contribution in [0, 0.1) is 16.0 Å². The highest BCUT2D eigenvalue weighted by Crippen LogP contribution is 2.27. The molecule has 1 amide bonds. The van der Waals surface area contributed by atoms with Crippen LogP contribution in [0.4, 0.5) is 5.69 Å². The molecule has 0 saturated carbocycles. The van der Waals surface area contributed by atoms with Gasteiger partial charge in [0.2, 0.25) is 0 Å². The fourth-order valence-electron chi connectivity index (χ4n) is 1.81. The normalized spacial score (nSPS) is 22.3. The van der Waals surface area contributed by atoms with Crippen molar-refractivity contribution in [3.8, 4) is 0 Å². The lowest BCUT2D eigenvalue weighted by Crippen LogP contribution is -2.41. The monoisotopic (exact) mass is 261 g/mol. The summed E-state index contributed by atoms with van der Waals surface area (Å²) in [5.41, 5.74) is -0.0967. The number of benzene rings is 1. The molecule has 1 aromatic carbocycles. The standard InChI is InChI=1S/C13H15N3O3/c1-8(2)13(3)12(17)14-11(15-13)9-4-6-10(7-5-9)16(18)19/h4-8H,1-3H3,(H,14,15,17). The van der Waals surface area contributed by atoms with E-state index in [4.69, 9.17) is 0 Å². The van der Waals surface area contributed by atoms with Gasteiger partial charge in [-0.15, -0.1) is 0 Å². The van der Waals surface area contributed by atoms with Crippen LogP contribution in [-0.2, 0) is 4.79 Å². The van der Waals surface area contributed by atoms with Crippen LogP contribution in [0.2, 0.25) is 0 Å². The summed E-state index contributed by atoms with van der Waals surface area (Å²) in [5, 5.41) is 13.3. The van der Waals surface area contributed by atoms with E-state index in [1.54, 1.807) is 19.1 Å². The molecule has 6 heteroatoms. The van der Waals surface area contributed by atoms with Gasteiger partial charge < -0.3 is 5.32 Å².